The quantitative estimate of drug-likeness (QED) is 0.626. The van der Waals surface area contributed by atoms with Gasteiger partial charge in [0.05, 0.1) is 11.1 Å². The van der Waals surface area contributed by atoms with Crippen LogP contribution in [0.15, 0.2) is 55.9 Å². The van der Waals surface area contributed by atoms with Crippen molar-refractivity contribution >= 4 is 37.7 Å². The second kappa shape index (κ2) is 5.61. The van der Waals surface area contributed by atoms with Crippen molar-refractivity contribution in [2.75, 3.05) is 5.73 Å². The molecule has 0 saturated carbocycles. The maximum atomic E-state index is 14.2. The SMILES string of the molecule is Nc1onc(-c2c(F)cccc2Br)c1-c1ccccc1Br. The number of nitrogens with two attached hydrogens (primary N) is 1. The fraction of sp³-hybridized carbons (Fsp3) is 0. The van der Waals surface area contributed by atoms with E-state index in [1.54, 1.807) is 12.1 Å². The maximum absolute atomic E-state index is 14.2. The van der Waals surface area contributed by atoms with Crippen molar-refractivity contribution in [1.29, 1.82) is 0 Å². The normalized spacial score (nSPS) is 10.8. The van der Waals surface area contributed by atoms with Crippen LogP contribution in [0.3, 0.4) is 0 Å². The molecule has 0 spiro atoms. The number of aromatic nitrogens is 1. The minimum absolute atomic E-state index is 0.145. The number of anilines is 1. The summed E-state index contributed by atoms with van der Waals surface area (Å²) in [6.45, 7) is 0. The van der Waals surface area contributed by atoms with Gasteiger partial charge in [0.25, 0.3) is 0 Å². The van der Waals surface area contributed by atoms with E-state index in [2.05, 4.69) is 37.0 Å². The zero-order chi connectivity index (χ0) is 15.0. The molecule has 0 bridgehead atoms. The zero-order valence-electron chi connectivity index (χ0n) is 10.6. The number of halogens is 3. The lowest BCUT2D eigenvalue weighted by Gasteiger charge is -2.07. The average molecular weight is 412 g/mol. The summed E-state index contributed by atoms with van der Waals surface area (Å²) < 4.78 is 20.7. The monoisotopic (exact) mass is 410 g/mol. The van der Waals surface area contributed by atoms with Gasteiger partial charge in [-0.2, -0.15) is 0 Å². The van der Waals surface area contributed by atoms with Gasteiger partial charge in [0.15, 0.2) is 0 Å². The number of rotatable bonds is 2. The summed E-state index contributed by atoms with van der Waals surface area (Å²) in [6, 6.07) is 12.2. The Hall–Kier alpha value is -1.66. The third-order valence-corrected chi connectivity index (χ3v) is 4.41. The van der Waals surface area contributed by atoms with Gasteiger partial charge < -0.3 is 10.3 Å². The molecule has 0 aliphatic carbocycles. The fourth-order valence-corrected chi connectivity index (χ4v) is 3.13. The molecule has 0 fully saturated rings. The van der Waals surface area contributed by atoms with Crippen LogP contribution in [-0.4, -0.2) is 5.16 Å². The first-order valence-electron chi connectivity index (χ1n) is 6.04. The number of benzene rings is 2. The molecule has 1 heterocycles. The van der Waals surface area contributed by atoms with Crippen LogP contribution < -0.4 is 5.73 Å². The first-order valence-corrected chi connectivity index (χ1v) is 7.62. The smallest absolute Gasteiger partial charge is 0.230 e. The summed E-state index contributed by atoms with van der Waals surface area (Å²) >= 11 is 6.81. The van der Waals surface area contributed by atoms with Crippen LogP contribution in [-0.2, 0) is 0 Å². The lowest BCUT2D eigenvalue weighted by atomic mass is 10.0. The Bertz CT molecular complexity index is 797. The van der Waals surface area contributed by atoms with Crippen molar-refractivity contribution in [3.8, 4) is 22.4 Å². The van der Waals surface area contributed by atoms with Crippen LogP contribution in [0.2, 0.25) is 0 Å². The second-order valence-electron chi connectivity index (χ2n) is 4.35. The molecule has 2 N–H and O–H groups in total. The molecule has 0 radical (unpaired) electrons. The Labute approximate surface area is 137 Å². The van der Waals surface area contributed by atoms with Crippen LogP contribution in [0, 0.1) is 5.82 Å². The minimum Gasteiger partial charge on any atom is -0.367 e. The largest absolute Gasteiger partial charge is 0.367 e. The van der Waals surface area contributed by atoms with Gasteiger partial charge in [-0.15, -0.1) is 0 Å². The standard InChI is InChI=1S/C15H9Br2FN2O/c16-9-5-2-1-4-8(9)12-14(20-21-15(12)19)13-10(17)6-3-7-11(13)18/h1-7H,19H2. The summed E-state index contributed by atoms with van der Waals surface area (Å²) in [6.07, 6.45) is 0. The van der Waals surface area contributed by atoms with Crippen molar-refractivity contribution in [2.45, 2.75) is 0 Å². The highest BCUT2D eigenvalue weighted by Crippen LogP contribution is 2.42. The summed E-state index contributed by atoms with van der Waals surface area (Å²) in [5.74, 6) is -0.252. The van der Waals surface area contributed by atoms with Crippen LogP contribution in [0.1, 0.15) is 0 Å². The van der Waals surface area contributed by atoms with E-state index >= 15 is 0 Å². The van der Waals surface area contributed by atoms with Crippen molar-refractivity contribution in [3.05, 3.63) is 57.2 Å². The van der Waals surface area contributed by atoms with Gasteiger partial charge in [0.2, 0.25) is 5.88 Å². The van der Waals surface area contributed by atoms with Gasteiger partial charge >= 0.3 is 0 Å². The fourth-order valence-electron chi connectivity index (χ4n) is 2.12. The Morgan fingerprint density at radius 3 is 2.38 bits per heavy atom. The molecule has 3 aromatic rings. The molecule has 106 valence electrons. The van der Waals surface area contributed by atoms with Crippen molar-refractivity contribution < 1.29 is 8.91 Å². The van der Waals surface area contributed by atoms with Crippen molar-refractivity contribution in [3.63, 3.8) is 0 Å². The van der Waals surface area contributed by atoms with E-state index in [0.717, 1.165) is 10.0 Å². The van der Waals surface area contributed by atoms with Gasteiger partial charge in [-0.25, -0.2) is 4.39 Å². The van der Waals surface area contributed by atoms with E-state index in [1.165, 1.54) is 6.07 Å². The summed E-state index contributed by atoms with van der Waals surface area (Å²) in [5, 5.41) is 3.93. The molecule has 0 unspecified atom stereocenters. The highest BCUT2D eigenvalue weighted by molar-refractivity contribution is 9.11. The molecule has 0 saturated heterocycles. The summed E-state index contributed by atoms with van der Waals surface area (Å²) in [4.78, 5) is 0. The lowest BCUT2D eigenvalue weighted by Crippen LogP contribution is -1.91. The minimum atomic E-state index is -0.397. The Morgan fingerprint density at radius 1 is 0.952 bits per heavy atom. The van der Waals surface area contributed by atoms with E-state index in [0.29, 0.717) is 21.3 Å². The first kappa shape index (κ1) is 14.3. The molecule has 2 aromatic carbocycles. The van der Waals surface area contributed by atoms with E-state index in [4.69, 9.17) is 10.3 Å². The van der Waals surface area contributed by atoms with E-state index in [-0.39, 0.29) is 5.88 Å². The third kappa shape index (κ3) is 2.49. The Kier molecular flexibility index (Phi) is 3.82. The molecule has 0 aliphatic rings. The predicted molar refractivity (Wildman–Crippen MR) is 87.1 cm³/mol. The topological polar surface area (TPSA) is 52.0 Å². The molecule has 0 atom stereocenters. The number of hydrogen-bond acceptors (Lipinski definition) is 3. The molecular formula is C15H9Br2FN2O. The van der Waals surface area contributed by atoms with Crippen LogP contribution in [0.5, 0.6) is 0 Å². The van der Waals surface area contributed by atoms with E-state index < -0.39 is 5.82 Å². The molecule has 1 aromatic heterocycles. The molecular weight excluding hydrogens is 403 g/mol. The highest BCUT2D eigenvalue weighted by atomic mass is 79.9. The lowest BCUT2D eigenvalue weighted by molar-refractivity contribution is 0.439. The molecule has 3 rings (SSSR count). The number of hydrogen-bond donors (Lipinski definition) is 1. The molecule has 3 nitrogen and oxygen atoms in total. The van der Waals surface area contributed by atoms with E-state index in [9.17, 15) is 4.39 Å². The van der Waals surface area contributed by atoms with Crippen LogP contribution in [0.25, 0.3) is 22.4 Å². The van der Waals surface area contributed by atoms with Crippen molar-refractivity contribution in [2.24, 2.45) is 0 Å². The van der Waals surface area contributed by atoms with Gasteiger partial charge in [-0.05, 0) is 34.1 Å². The van der Waals surface area contributed by atoms with Crippen LogP contribution in [0.4, 0.5) is 10.3 Å². The van der Waals surface area contributed by atoms with Gasteiger partial charge in [0.1, 0.15) is 11.5 Å². The first-order chi connectivity index (χ1) is 10.1. The Morgan fingerprint density at radius 2 is 1.67 bits per heavy atom. The zero-order valence-corrected chi connectivity index (χ0v) is 13.8. The molecule has 21 heavy (non-hydrogen) atoms. The van der Waals surface area contributed by atoms with Gasteiger partial charge in [0, 0.05) is 14.5 Å². The molecule has 0 aliphatic heterocycles. The molecule has 6 heteroatoms. The van der Waals surface area contributed by atoms with Crippen LogP contribution >= 0.6 is 31.9 Å². The van der Waals surface area contributed by atoms with Crippen molar-refractivity contribution in [1.82, 2.24) is 5.16 Å². The van der Waals surface area contributed by atoms with Gasteiger partial charge in [-0.3, -0.25) is 0 Å². The highest BCUT2D eigenvalue weighted by Gasteiger charge is 2.23. The average Bonchev–Trinajstić information content (AvgIpc) is 2.81. The molecule has 0 amide bonds. The number of nitrogen functional groups attached to an aromatic ring is 1. The predicted octanol–water partition coefficient (Wildman–Crippen LogP) is 5.25. The second-order valence-corrected chi connectivity index (χ2v) is 6.06. The third-order valence-electron chi connectivity index (χ3n) is 3.06. The van der Waals surface area contributed by atoms with E-state index in [1.807, 2.05) is 24.3 Å². The van der Waals surface area contributed by atoms with Gasteiger partial charge in [-0.1, -0.05) is 45.4 Å². The Balaban J connectivity index is 2.31. The number of nitrogens with zero attached hydrogens (tertiary/aromatic N) is 1. The maximum Gasteiger partial charge on any atom is 0.230 e. The summed E-state index contributed by atoms with van der Waals surface area (Å²) in [5.41, 5.74) is 7.94. The summed E-state index contributed by atoms with van der Waals surface area (Å²) in [7, 11) is 0.